The van der Waals surface area contributed by atoms with Crippen LogP contribution in [0.1, 0.15) is 75.0 Å². The fourth-order valence-corrected chi connectivity index (χ4v) is 3.58. The quantitative estimate of drug-likeness (QED) is 0.129. The van der Waals surface area contributed by atoms with Gasteiger partial charge >= 0.3 is 12.1 Å². The van der Waals surface area contributed by atoms with Gasteiger partial charge in [-0.05, 0) is 47.9 Å². The normalized spacial score (nSPS) is 12.3. The molecular formula is C28H33F3O3. The molecule has 184 valence electrons. The average molecular weight is 475 g/mol. The minimum absolute atomic E-state index is 0.269. The van der Waals surface area contributed by atoms with Crippen LogP contribution in [0.15, 0.2) is 60.7 Å². The van der Waals surface area contributed by atoms with Crippen molar-refractivity contribution in [1.29, 1.82) is 0 Å². The van der Waals surface area contributed by atoms with Gasteiger partial charge in [0.25, 0.3) is 0 Å². The van der Waals surface area contributed by atoms with Gasteiger partial charge in [-0.3, -0.25) is 0 Å². The third kappa shape index (κ3) is 9.86. The maximum atomic E-state index is 13.2. The Morgan fingerprint density at radius 2 is 1.59 bits per heavy atom. The molecule has 0 aliphatic carbocycles. The standard InChI is InChI=1S/C28H33F3O3/c1-2-3-4-5-6-7-8-11-19-34-26-16-10-9-13-24(26)20-23(17-18-27(32)33)22-14-12-15-25(21-22)28(29,30)31/h9-10,12-18,20-21H,2-8,11,19H2,1H3,(H,32,33). The fraction of sp³-hybridized carbons (Fsp3) is 0.393. The average Bonchev–Trinajstić information content (AvgIpc) is 2.81. The van der Waals surface area contributed by atoms with Crippen molar-refractivity contribution >= 4 is 17.6 Å². The van der Waals surface area contributed by atoms with Crippen LogP contribution in [0, 0.1) is 0 Å². The predicted molar refractivity (Wildman–Crippen MR) is 131 cm³/mol. The molecule has 0 aromatic heterocycles. The Hall–Kier alpha value is -3.02. The minimum atomic E-state index is -4.49. The highest BCUT2D eigenvalue weighted by atomic mass is 19.4. The second-order valence-electron chi connectivity index (χ2n) is 8.21. The molecule has 0 unspecified atom stereocenters. The van der Waals surface area contributed by atoms with Crippen LogP contribution in [-0.4, -0.2) is 17.7 Å². The molecule has 34 heavy (non-hydrogen) atoms. The predicted octanol–water partition coefficient (Wildman–Crippen LogP) is 8.41. The van der Waals surface area contributed by atoms with E-state index in [1.54, 1.807) is 24.3 Å². The van der Waals surface area contributed by atoms with Gasteiger partial charge in [-0.15, -0.1) is 0 Å². The second-order valence-corrected chi connectivity index (χ2v) is 8.21. The van der Waals surface area contributed by atoms with E-state index in [0.717, 1.165) is 31.1 Å². The molecular weight excluding hydrogens is 441 g/mol. The first-order valence-corrected chi connectivity index (χ1v) is 11.8. The molecule has 0 atom stereocenters. The van der Waals surface area contributed by atoms with Crippen molar-refractivity contribution in [2.75, 3.05) is 6.61 Å². The maximum absolute atomic E-state index is 13.2. The van der Waals surface area contributed by atoms with Crippen molar-refractivity contribution in [1.82, 2.24) is 0 Å². The maximum Gasteiger partial charge on any atom is 0.416 e. The number of allylic oxidation sites excluding steroid dienone is 2. The lowest BCUT2D eigenvalue weighted by atomic mass is 9.99. The number of aliphatic carboxylic acids is 1. The van der Waals surface area contributed by atoms with E-state index in [2.05, 4.69) is 6.92 Å². The number of halogens is 3. The van der Waals surface area contributed by atoms with Crippen molar-refractivity contribution in [3.8, 4) is 5.75 Å². The van der Waals surface area contributed by atoms with Crippen LogP contribution >= 0.6 is 0 Å². The molecule has 3 nitrogen and oxygen atoms in total. The van der Waals surface area contributed by atoms with Crippen molar-refractivity contribution in [2.24, 2.45) is 0 Å². The van der Waals surface area contributed by atoms with E-state index in [1.807, 2.05) is 6.07 Å². The van der Waals surface area contributed by atoms with Gasteiger partial charge in [-0.25, -0.2) is 4.79 Å². The van der Waals surface area contributed by atoms with Crippen LogP contribution in [0.25, 0.3) is 11.6 Å². The Morgan fingerprint density at radius 3 is 2.26 bits per heavy atom. The Kier molecular flexibility index (Phi) is 11.4. The molecule has 0 bridgehead atoms. The van der Waals surface area contributed by atoms with Crippen LogP contribution in [-0.2, 0) is 11.0 Å². The van der Waals surface area contributed by atoms with Crippen molar-refractivity contribution < 1.29 is 27.8 Å². The van der Waals surface area contributed by atoms with Gasteiger partial charge in [0, 0.05) is 11.6 Å². The zero-order valence-electron chi connectivity index (χ0n) is 19.6. The third-order valence-corrected chi connectivity index (χ3v) is 5.41. The Bertz CT molecular complexity index is 961. The molecule has 0 aliphatic rings. The number of benzene rings is 2. The van der Waals surface area contributed by atoms with Gasteiger partial charge < -0.3 is 9.84 Å². The molecule has 0 fully saturated rings. The molecule has 0 aliphatic heterocycles. The molecule has 2 rings (SSSR count). The molecule has 6 heteroatoms. The first kappa shape index (κ1) is 27.2. The molecule has 0 spiro atoms. The molecule has 0 amide bonds. The van der Waals surface area contributed by atoms with Crippen molar-refractivity contribution in [3.63, 3.8) is 0 Å². The summed E-state index contributed by atoms with van der Waals surface area (Å²) in [6.45, 7) is 2.75. The van der Waals surface area contributed by atoms with Gasteiger partial charge in [-0.2, -0.15) is 13.2 Å². The van der Waals surface area contributed by atoms with Gasteiger partial charge in [-0.1, -0.05) is 82.2 Å². The molecule has 0 saturated carbocycles. The lowest BCUT2D eigenvalue weighted by Gasteiger charge is -2.12. The summed E-state index contributed by atoms with van der Waals surface area (Å²) in [6.07, 6.45) is 8.87. The number of hydrogen-bond acceptors (Lipinski definition) is 2. The van der Waals surface area contributed by atoms with E-state index in [4.69, 9.17) is 9.84 Å². The van der Waals surface area contributed by atoms with Crippen molar-refractivity contribution in [2.45, 2.75) is 64.5 Å². The number of carboxylic acid groups (broad SMARTS) is 1. The summed E-state index contributed by atoms with van der Waals surface area (Å²) in [5.74, 6) is -0.573. The largest absolute Gasteiger partial charge is 0.493 e. The van der Waals surface area contributed by atoms with Gasteiger partial charge in [0.1, 0.15) is 5.75 Å². The number of hydrogen-bond donors (Lipinski definition) is 1. The van der Waals surface area contributed by atoms with E-state index in [0.29, 0.717) is 23.5 Å². The third-order valence-electron chi connectivity index (χ3n) is 5.41. The number of carboxylic acids is 1. The van der Waals surface area contributed by atoms with Crippen LogP contribution in [0.2, 0.25) is 0 Å². The van der Waals surface area contributed by atoms with E-state index >= 15 is 0 Å². The number of unbranched alkanes of at least 4 members (excludes halogenated alkanes) is 7. The van der Waals surface area contributed by atoms with Crippen LogP contribution in [0.5, 0.6) is 5.75 Å². The SMILES string of the molecule is CCCCCCCCCCOc1ccccc1C=C(C=CC(=O)O)c1cccc(C(F)(F)F)c1. The molecule has 2 aromatic carbocycles. The lowest BCUT2D eigenvalue weighted by molar-refractivity contribution is -0.137. The Labute approximate surface area is 200 Å². The summed E-state index contributed by atoms with van der Waals surface area (Å²) < 4.78 is 45.5. The first-order chi connectivity index (χ1) is 16.3. The van der Waals surface area contributed by atoms with E-state index in [-0.39, 0.29) is 5.56 Å². The highest BCUT2D eigenvalue weighted by Crippen LogP contribution is 2.32. The smallest absolute Gasteiger partial charge is 0.416 e. The molecule has 1 N–H and O–H groups in total. The number of ether oxygens (including phenoxy) is 1. The summed E-state index contributed by atoms with van der Waals surface area (Å²) in [7, 11) is 0. The van der Waals surface area contributed by atoms with Gasteiger partial charge in [0.05, 0.1) is 12.2 Å². The summed E-state index contributed by atoms with van der Waals surface area (Å²) in [5, 5.41) is 9.04. The van der Waals surface area contributed by atoms with Crippen molar-refractivity contribution in [3.05, 3.63) is 77.4 Å². The summed E-state index contributed by atoms with van der Waals surface area (Å²) in [6, 6.07) is 12.1. The van der Waals surface area contributed by atoms with E-state index in [9.17, 15) is 18.0 Å². The molecule has 2 aromatic rings. The number of para-hydroxylation sites is 1. The number of rotatable bonds is 14. The second kappa shape index (κ2) is 14.3. The number of carbonyl (C=O) groups is 1. The highest BCUT2D eigenvalue weighted by molar-refractivity contribution is 5.92. The van der Waals surface area contributed by atoms with Crippen LogP contribution in [0.4, 0.5) is 13.2 Å². The monoisotopic (exact) mass is 474 g/mol. The van der Waals surface area contributed by atoms with E-state index in [1.165, 1.54) is 56.7 Å². The summed E-state index contributed by atoms with van der Waals surface area (Å²) >= 11 is 0. The molecule has 0 radical (unpaired) electrons. The first-order valence-electron chi connectivity index (χ1n) is 11.8. The Balaban J connectivity index is 2.13. The zero-order chi connectivity index (χ0) is 24.8. The van der Waals surface area contributed by atoms with E-state index < -0.39 is 17.7 Å². The molecule has 0 heterocycles. The highest BCUT2D eigenvalue weighted by Gasteiger charge is 2.30. The molecule has 0 saturated heterocycles. The van der Waals surface area contributed by atoms with Crippen LogP contribution < -0.4 is 4.74 Å². The Morgan fingerprint density at radius 1 is 0.912 bits per heavy atom. The summed E-state index contributed by atoms with van der Waals surface area (Å²) in [4.78, 5) is 11.1. The zero-order valence-corrected chi connectivity index (χ0v) is 19.6. The van der Waals surface area contributed by atoms with Gasteiger partial charge in [0.15, 0.2) is 0 Å². The lowest BCUT2D eigenvalue weighted by Crippen LogP contribution is -2.05. The summed E-state index contributed by atoms with van der Waals surface area (Å²) in [5.41, 5.74) is 0.491. The minimum Gasteiger partial charge on any atom is -0.493 e. The number of alkyl halides is 3. The topological polar surface area (TPSA) is 46.5 Å². The van der Waals surface area contributed by atoms with Gasteiger partial charge in [0.2, 0.25) is 0 Å². The van der Waals surface area contributed by atoms with Crippen LogP contribution in [0.3, 0.4) is 0 Å². The fourth-order valence-electron chi connectivity index (χ4n) is 3.58.